The van der Waals surface area contributed by atoms with E-state index in [4.69, 9.17) is 5.73 Å². The lowest BCUT2D eigenvalue weighted by molar-refractivity contribution is -0.137. The van der Waals surface area contributed by atoms with E-state index in [9.17, 15) is 9.59 Å². The Morgan fingerprint density at radius 2 is 2.04 bits per heavy atom. The molecular weight excluding hydrogens is 314 g/mol. The summed E-state index contributed by atoms with van der Waals surface area (Å²) in [5.41, 5.74) is 6.89. The molecule has 23 heavy (non-hydrogen) atoms. The molecule has 1 aliphatic heterocycles. The van der Waals surface area contributed by atoms with Gasteiger partial charge in [0.1, 0.15) is 6.04 Å². The molecule has 0 aromatic heterocycles. The summed E-state index contributed by atoms with van der Waals surface area (Å²) in [7, 11) is 0. The van der Waals surface area contributed by atoms with E-state index in [1.165, 1.54) is 0 Å². The van der Waals surface area contributed by atoms with E-state index in [1.54, 1.807) is 4.90 Å². The van der Waals surface area contributed by atoms with E-state index in [2.05, 4.69) is 5.32 Å². The molecule has 1 fully saturated rings. The Bertz CT molecular complexity index is 510. The van der Waals surface area contributed by atoms with Gasteiger partial charge in [-0.2, -0.15) is 0 Å². The first kappa shape index (κ1) is 19.5. The number of hydrogen-bond acceptors (Lipinski definition) is 3. The molecule has 0 aliphatic carbocycles. The molecule has 6 heteroatoms. The van der Waals surface area contributed by atoms with Crippen molar-refractivity contribution < 1.29 is 9.59 Å². The van der Waals surface area contributed by atoms with Crippen LogP contribution >= 0.6 is 12.4 Å². The first-order valence-electron chi connectivity index (χ1n) is 8.00. The fraction of sp³-hybridized carbons (Fsp3) is 0.529. The number of rotatable bonds is 5. The second-order valence-corrected chi connectivity index (χ2v) is 5.80. The van der Waals surface area contributed by atoms with E-state index in [-0.39, 0.29) is 30.1 Å². The van der Waals surface area contributed by atoms with Crippen LogP contribution in [0, 0.1) is 5.92 Å². The molecular formula is C17H26ClN3O2. The van der Waals surface area contributed by atoms with Gasteiger partial charge in [-0.15, -0.1) is 12.4 Å². The highest BCUT2D eigenvalue weighted by atomic mass is 35.5. The summed E-state index contributed by atoms with van der Waals surface area (Å²) < 4.78 is 0. The van der Waals surface area contributed by atoms with Gasteiger partial charge in [0.25, 0.3) is 0 Å². The molecule has 0 bridgehead atoms. The Balaban J connectivity index is 0.00000264. The smallest absolute Gasteiger partial charge is 0.244 e. The van der Waals surface area contributed by atoms with Crippen LogP contribution in [0.25, 0.3) is 0 Å². The summed E-state index contributed by atoms with van der Waals surface area (Å²) in [4.78, 5) is 26.4. The highest BCUT2D eigenvalue weighted by Crippen LogP contribution is 2.20. The molecule has 2 amide bonds. The predicted molar refractivity (Wildman–Crippen MR) is 93.2 cm³/mol. The first-order valence-corrected chi connectivity index (χ1v) is 8.00. The Labute approximate surface area is 144 Å². The van der Waals surface area contributed by atoms with Crippen LogP contribution in [0.5, 0.6) is 0 Å². The third-order valence-corrected chi connectivity index (χ3v) is 4.08. The van der Waals surface area contributed by atoms with Gasteiger partial charge >= 0.3 is 0 Å². The molecule has 0 spiro atoms. The number of hydrogen-bond donors (Lipinski definition) is 2. The standard InChI is InChI=1S/C17H25N3O2.ClH/c1-2-10-19-16(21)14-9-6-11-20(12-14)17(22)15(18)13-7-4-3-5-8-13;/h3-5,7-8,14-15H,2,6,9-12,18H2,1H3,(H,19,21);1H. The van der Waals surface area contributed by atoms with E-state index in [0.717, 1.165) is 24.8 Å². The van der Waals surface area contributed by atoms with Crippen molar-refractivity contribution in [2.24, 2.45) is 11.7 Å². The largest absolute Gasteiger partial charge is 0.356 e. The Hall–Kier alpha value is -1.59. The number of amides is 2. The van der Waals surface area contributed by atoms with Gasteiger partial charge in [0.2, 0.25) is 11.8 Å². The van der Waals surface area contributed by atoms with Crippen LogP contribution in [-0.2, 0) is 9.59 Å². The van der Waals surface area contributed by atoms with E-state index >= 15 is 0 Å². The Morgan fingerprint density at radius 3 is 2.70 bits per heavy atom. The van der Waals surface area contributed by atoms with Crippen LogP contribution in [0.4, 0.5) is 0 Å². The van der Waals surface area contributed by atoms with Crippen molar-refractivity contribution in [1.82, 2.24) is 10.2 Å². The van der Waals surface area contributed by atoms with Crippen LogP contribution < -0.4 is 11.1 Å². The maximum atomic E-state index is 12.5. The lowest BCUT2D eigenvalue weighted by Gasteiger charge is -2.33. The minimum Gasteiger partial charge on any atom is -0.356 e. The van der Waals surface area contributed by atoms with Gasteiger partial charge in [-0.05, 0) is 24.8 Å². The summed E-state index contributed by atoms with van der Waals surface area (Å²) in [6, 6.07) is 8.71. The summed E-state index contributed by atoms with van der Waals surface area (Å²) >= 11 is 0. The van der Waals surface area contributed by atoms with Gasteiger partial charge in [-0.1, -0.05) is 37.3 Å². The number of nitrogens with zero attached hydrogens (tertiary/aromatic N) is 1. The normalized spacial score (nSPS) is 18.7. The number of carbonyl (C=O) groups is 2. The lowest BCUT2D eigenvalue weighted by Crippen LogP contribution is -2.48. The second kappa shape index (κ2) is 9.53. The van der Waals surface area contributed by atoms with Crippen LogP contribution in [0.15, 0.2) is 30.3 Å². The minimum atomic E-state index is -0.654. The topological polar surface area (TPSA) is 75.4 Å². The van der Waals surface area contributed by atoms with Gasteiger partial charge in [0, 0.05) is 19.6 Å². The molecule has 1 saturated heterocycles. The molecule has 128 valence electrons. The molecule has 2 atom stereocenters. The monoisotopic (exact) mass is 339 g/mol. The quantitative estimate of drug-likeness (QED) is 0.860. The van der Waals surface area contributed by atoms with Crippen LogP contribution in [0.1, 0.15) is 37.8 Å². The summed E-state index contributed by atoms with van der Waals surface area (Å²) in [5, 5.41) is 2.91. The van der Waals surface area contributed by atoms with E-state index in [1.807, 2.05) is 37.3 Å². The number of likely N-dealkylation sites (tertiary alicyclic amines) is 1. The van der Waals surface area contributed by atoms with Crippen molar-refractivity contribution in [2.45, 2.75) is 32.2 Å². The maximum absolute atomic E-state index is 12.5. The summed E-state index contributed by atoms with van der Waals surface area (Å²) in [6.07, 6.45) is 2.59. The zero-order valence-corrected chi connectivity index (χ0v) is 14.3. The zero-order chi connectivity index (χ0) is 15.9. The molecule has 2 rings (SSSR count). The number of nitrogens with one attached hydrogen (secondary N) is 1. The number of halogens is 1. The van der Waals surface area contributed by atoms with Crippen molar-refractivity contribution in [2.75, 3.05) is 19.6 Å². The predicted octanol–water partition coefficient (Wildman–Crippen LogP) is 1.87. The summed E-state index contributed by atoms with van der Waals surface area (Å²) in [6.45, 7) is 3.86. The molecule has 1 aromatic carbocycles. The van der Waals surface area contributed by atoms with Crippen molar-refractivity contribution in [1.29, 1.82) is 0 Å². The molecule has 3 N–H and O–H groups in total. The van der Waals surface area contributed by atoms with E-state index in [0.29, 0.717) is 19.6 Å². The first-order chi connectivity index (χ1) is 10.6. The number of piperidine rings is 1. The Morgan fingerprint density at radius 1 is 1.35 bits per heavy atom. The average molecular weight is 340 g/mol. The molecule has 0 radical (unpaired) electrons. The highest BCUT2D eigenvalue weighted by molar-refractivity contribution is 5.85. The zero-order valence-electron chi connectivity index (χ0n) is 13.5. The molecule has 5 nitrogen and oxygen atoms in total. The molecule has 1 aliphatic rings. The van der Waals surface area contributed by atoms with Gasteiger partial charge in [0.15, 0.2) is 0 Å². The molecule has 2 unspecified atom stereocenters. The number of nitrogens with two attached hydrogens (primary N) is 1. The van der Waals surface area contributed by atoms with Crippen molar-refractivity contribution >= 4 is 24.2 Å². The molecule has 1 aromatic rings. The highest BCUT2D eigenvalue weighted by Gasteiger charge is 2.30. The summed E-state index contributed by atoms with van der Waals surface area (Å²) in [5.74, 6) is -0.168. The molecule has 1 heterocycles. The SMILES string of the molecule is CCCNC(=O)C1CCCN(C(=O)C(N)c2ccccc2)C1.Cl. The minimum absolute atomic E-state index is 0. The van der Waals surface area contributed by atoms with Crippen LogP contribution in [-0.4, -0.2) is 36.3 Å². The number of benzene rings is 1. The fourth-order valence-electron chi connectivity index (χ4n) is 2.78. The van der Waals surface area contributed by atoms with Gasteiger partial charge in [-0.25, -0.2) is 0 Å². The van der Waals surface area contributed by atoms with Gasteiger partial charge in [-0.3, -0.25) is 9.59 Å². The van der Waals surface area contributed by atoms with Gasteiger partial charge < -0.3 is 16.0 Å². The third-order valence-electron chi connectivity index (χ3n) is 4.08. The fourth-order valence-corrected chi connectivity index (χ4v) is 2.78. The van der Waals surface area contributed by atoms with E-state index < -0.39 is 6.04 Å². The van der Waals surface area contributed by atoms with Crippen molar-refractivity contribution in [3.8, 4) is 0 Å². The van der Waals surface area contributed by atoms with Crippen molar-refractivity contribution in [3.63, 3.8) is 0 Å². The second-order valence-electron chi connectivity index (χ2n) is 5.80. The third kappa shape index (κ3) is 5.22. The van der Waals surface area contributed by atoms with Crippen LogP contribution in [0.2, 0.25) is 0 Å². The number of carbonyl (C=O) groups excluding carboxylic acids is 2. The lowest BCUT2D eigenvalue weighted by atomic mass is 9.95. The Kier molecular flexibility index (Phi) is 8.06. The van der Waals surface area contributed by atoms with Crippen LogP contribution in [0.3, 0.4) is 0 Å². The van der Waals surface area contributed by atoms with Crippen molar-refractivity contribution in [3.05, 3.63) is 35.9 Å². The molecule has 0 saturated carbocycles. The average Bonchev–Trinajstić information content (AvgIpc) is 2.59. The van der Waals surface area contributed by atoms with Gasteiger partial charge in [0.05, 0.1) is 5.92 Å². The maximum Gasteiger partial charge on any atom is 0.244 e.